The van der Waals surface area contributed by atoms with E-state index in [0.717, 1.165) is 35.1 Å². The average Bonchev–Trinajstić information content (AvgIpc) is 3.11. The van der Waals surface area contributed by atoms with Crippen LogP contribution in [0.25, 0.3) is 0 Å². The molecule has 5 nitrogen and oxygen atoms in total. The molecular formula is C17H23N3O2S2. The number of aromatic amines is 1. The minimum absolute atomic E-state index is 0.0927. The highest BCUT2D eigenvalue weighted by Gasteiger charge is 2.30. The monoisotopic (exact) mass is 365 g/mol. The Morgan fingerprint density at radius 2 is 2.08 bits per heavy atom. The van der Waals surface area contributed by atoms with E-state index in [4.69, 9.17) is 0 Å². The quantitative estimate of drug-likeness (QED) is 0.824. The third-order valence-corrected chi connectivity index (χ3v) is 9.20. The molecule has 0 saturated heterocycles. The lowest BCUT2D eigenvalue weighted by Crippen LogP contribution is -2.27. The van der Waals surface area contributed by atoms with Gasteiger partial charge >= 0.3 is 0 Å². The number of hydrogen-bond donors (Lipinski definition) is 2. The van der Waals surface area contributed by atoms with Crippen LogP contribution in [-0.2, 0) is 15.8 Å². The summed E-state index contributed by atoms with van der Waals surface area (Å²) in [5, 5.41) is 3.28. The number of nitrogens with one attached hydrogen (secondary N) is 2. The van der Waals surface area contributed by atoms with Crippen molar-refractivity contribution in [2.75, 3.05) is 11.5 Å². The Morgan fingerprint density at radius 3 is 2.75 bits per heavy atom. The van der Waals surface area contributed by atoms with Crippen molar-refractivity contribution in [3.05, 3.63) is 59.5 Å². The smallest absolute Gasteiger partial charge is 0.232 e. The molecule has 1 aliphatic rings. The summed E-state index contributed by atoms with van der Waals surface area (Å²) in [5.74, 6) is 2.03. The molecule has 130 valence electrons. The van der Waals surface area contributed by atoms with Gasteiger partial charge in [0, 0.05) is 11.4 Å². The van der Waals surface area contributed by atoms with Crippen LogP contribution in [0.5, 0.6) is 0 Å². The van der Waals surface area contributed by atoms with Crippen LogP contribution in [0.4, 0.5) is 0 Å². The molecule has 1 aromatic heterocycles. The first kappa shape index (κ1) is 17.1. The van der Waals surface area contributed by atoms with E-state index in [2.05, 4.69) is 32.2 Å². The van der Waals surface area contributed by atoms with Gasteiger partial charge in [0.15, 0.2) is 0 Å². The summed E-state index contributed by atoms with van der Waals surface area (Å²) in [6, 6.07) is 10.4. The molecule has 0 bridgehead atoms. The molecule has 24 heavy (non-hydrogen) atoms. The van der Waals surface area contributed by atoms with Crippen molar-refractivity contribution in [2.24, 2.45) is 0 Å². The van der Waals surface area contributed by atoms with Crippen LogP contribution < -0.4 is 4.72 Å². The van der Waals surface area contributed by atoms with Gasteiger partial charge < -0.3 is 4.98 Å². The summed E-state index contributed by atoms with van der Waals surface area (Å²) in [4.78, 5) is 7.47. The second kappa shape index (κ2) is 7.03. The molecule has 2 heterocycles. The Morgan fingerprint density at radius 1 is 1.29 bits per heavy atom. The SMILES string of the molecule is CCS(=O)(=O)NC1=CS(Cc2ccccc2)(c2cnc[nH]2)CCC1. The lowest BCUT2D eigenvalue weighted by molar-refractivity contribution is 0.588. The standard InChI is InChI=1S/C17H23N3O2S2/c1-2-24(21,22)20-16-9-6-10-23(13-16,17-11-18-14-19-17)12-15-7-4-3-5-8-15/h3-5,7-8,11,13-14,20H,2,6,9-10,12H2,1H3,(H,18,19). The first-order valence-electron chi connectivity index (χ1n) is 8.05. The molecule has 2 aromatic rings. The van der Waals surface area contributed by atoms with Crippen molar-refractivity contribution in [1.82, 2.24) is 14.7 Å². The summed E-state index contributed by atoms with van der Waals surface area (Å²) in [6.07, 6.45) is 5.33. The van der Waals surface area contributed by atoms with E-state index in [1.165, 1.54) is 5.56 Å². The molecule has 0 spiro atoms. The number of imidazole rings is 1. The van der Waals surface area contributed by atoms with Crippen molar-refractivity contribution < 1.29 is 8.42 Å². The molecule has 1 aromatic carbocycles. The Labute approximate surface area is 145 Å². The first-order chi connectivity index (χ1) is 11.5. The second-order valence-electron chi connectivity index (χ2n) is 5.95. The minimum Gasteiger partial charge on any atom is -0.341 e. The van der Waals surface area contributed by atoms with Gasteiger partial charge in [-0.25, -0.2) is 13.4 Å². The van der Waals surface area contributed by atoms with Crippen molar-refractivity contribution in [3.63, 3.8) is 0 Å². The Kier molecular flexibility index (Phi) is 5.01. The van der Waals surface area contributed by atoms with Crippen LogP contribution in [0.1, 0.15) is 25.3 Å². The topological polar surface area (TPSA) is 74.8 Å². The maximum absolute atomic E-state index is 12.0. The molecule has 0 saturated carbocycles. The summed E-state index contributed by atoms with van der Waals surface area (Å²) >= 11 is 0. The largest absolute Gasteiger partial charge is 0.341 e. The van der Waals surface area contributed by atoms with E-state index in [0.29, 0.717) is 0 Å². The van der Waals surface area contributed by atoms with E-state index in [1.54, 1.807) is 13.3 Å². The normalized spacial score (nSPS) is 24.0. The van der Waals surface area contributed by atoms with Crippen LogP contribution in [0.15, 0.2) is 59.0 Å². The minimum atomic E-state index is -3.24. The molecule has 1 atom stereocenters. The Hall–Kier alpha value is -1.73. The van der Waals surface area contributed by atoms with Crippen LogP contribution in [0, 0.1) is 0 Å². The third kappa shape index (κ3) is 3.84. The molecule has 7 heteroatoms. The third-order valence-electron chi connectivity index (χ3n) is 4.17. The Bertz CT molecular complexity index is 802. The van der Waals surface area contributed by atoms with Gasteiger partial charge in [0.25, 0.3) is 0 Å². The molecule has 0 radical (unpaired) electrons. The number of H-pyrrole nitrogens is 1. The first-order valence-corrected chi connectivity index (χ1v) is 11.7. The van der Waals surface area contributed by atoms with Crippen molar-refractivity contribution in [1.29, 1.82) is 0 Å². The molecule has 0 fully saturated rings. The van der Waals surface area contributed by atoms with Crippen molar-refractivity contribution in [2.45, 2.75) is 30.5 Å². The molecule has 1 unspecified atom stereocenters. The van der Waals surface area contributed by atoms with Gasteiger partial charge in [-0.15, -0.1) is 0 Å². The maximum atomic E-state index is 12.0. The molecule has 0 aliphatic carbocycles. The number of benzene rings is 1. The lowest BCUT2D eigenvalue weighted by atomic mass is 10.2. The van der Waals surface area contributed by atoms with Crippen molar-refractivity contribution >= 4 is 20.1 Å². The van der Waals surface area contributed by atoms with Crippen LogP contribution in [0.3, 0.4) is 0 Å². The molecule has 1 aliphatic heterocycles. The fourth-order valence-electron chi connectivity index (χ4n) is 2.96. The number of hydrogen-bond acceptors (Lipinski definition) is 3. The zero-order chi connectivity index (χ0) is 17.0. The van der Waals surface area contributed by atoms with Gasteiger partial charge in [-0.3, -0.25) is 4.72 Å². The van der Waals surface area contributed by atoms with E-state index < -0.39 is 20.1 Å². The van der Waals surface area contributed by atoms with E-state index in [9.17, 15) is 8.42 Å². The van der Waals surface area contributed by atoms with Crippen LogP contribution in [-0.4, -0.2) is 29.9 Å². The average molecular weight is 366 g/mol. The molecule has 0 amide bonds. The van der Waals surface area contributed by atoms with Gasteiger partial charge in [-0.05, 0) is 36.5 Å². The van der Waals surface area contributed by atoms with Gasteiger partial charge in [0.1, 0.15) is 0 Å². The van der Waals surface area contributed by atoms with Crippen molar-refractivity contribution in [3.8, 4) is 0 Å². The maximum Gasteiger partial charge on any atom is 0.232 e. The van der Waals surface area contributed by atoms with E-state index in [1.807, 2.05) is 24.4 Å². The highest BCUT2D eigenvalue weighted by Crippen LogP contribution is 2.61. The molecule has 3 rings (SSSR count). The van der Waals surface area contributed by atoms with E-state index >= 15 is 0 Å². The van der Waals surface area contributed by atoms with Gasteiger partial charge in [0.05, 0.1) is 23.3 Å². The van der Waals surface area contributed by atoms with Gasteiger partial charge in [-0.2, -0.15) is 10.0 Å². The lowest BCUT2D eigenvalue weighted by Gasteiger charge is -2.40. The number of sulfonamides is 1. The predicted molar refractivity (Wildman–Crippen MR) is 99.4 cm³/mol. The molecule has 2 N–H and O–H groups in total. The fraction of sp³-hybridized carbons (Fsp3) is 0.353. The Balaban J connectivity index is 1.99. The van der Waals surface area contributed by atoms with Gasteiger partial charge in [-0.1, -0.05) is 30.3 Å². The van der Waals surface area contributed by atoms with Crippen LogP contribution >= 0.6 is 10.0 Å². The van der Waals surface area contributed by atoms with Crippen LogP contribution in [0.2, 0.25) is 0 Å². The van der Waals surface area contributed by atoms with Gasteiger partial charge in [0.2, 0.25) is 10.0 Å². The predicted octanol–water partition coefficient (Wildman–Crippen LogP) is 3.35. The van der Waals surface area contributed by atoms with E-state index in [-0.39, 0.29) is 5.75 Å². The number of rotatable bonds is 6. The zero-order valence-electron chi connectivity index (χ0n) is 13.7. The summed E-state index contributed by atoms with van der Waals surface area (Å²) in [5.41, 5.74) is 2.08. The highest BCUT2D eigenvalue weighted by atomic mass is 32.3. The number of aromatic nitrogens is 2. The summed E-state index contributed by atoms with van der Waals surface area (Å²) < 4.78 is 26.7. The zero-order valence-corrected chi connectivity index (χ0v) is 15.4. The summed E-state index contributed by atoms with van der Waals surface area (Å²) in [6.45, 7) is 1.66. The second-order valence-corrected chi connectivity index (χ2v) is 11.2. The molecular weight excluding hydrogens is 342 g/mol. The fourth-order valence-corrected chi connectivity index (χ4v) is 7.31. The number of nitrogens with zero attached hydrogens (tertiary/aromatic N) is 1. The highest BCUT2D eigenvalue weighted by molar-refractivity contribution is 8.35. The summed E-state index contributed by atoms with van der Waals surface area (Å²) in [7, 11) is -4.56. The number of allylic oxidation sites excluding steroid dienone is 1.